The van der Waals surface area contributed by atoms with Crippen molar-refractivity contribution in [1.82, 2.24) is 52.3 Å². The SMILES string of the molecule is CSCC[C@H](NC(=O)[C@H](C)NC(=O)[C@@H]1CCCN1C(=O)[C@H](CO)NC(=O)[C@H](CCCN=C(N)N)NC(=O)[C@H](Cc1ccc(O)cc1)NC(=O)[C@@H](N)CC(C)C)C(=O)N1CCC[C@H]1C(=O)N[C@@H](CCC(=O)O)C(=O)N[C@@H](CC(N)=O)C(=O)N[C@@H](CC(C)C)C(=O)O. The van der Waals surface area contributed by atoms with Gasteiger partial charge in [0.05, 0.1) is 19.1 Å². The smallest absolute Gasteiger partial charge is 0.326 e. The van der Waals surface area contributed by atoms with E-state index < -0.39 is 169 Å². The number of hydrogen-bond acceptors (Lipinski definition) is 18. The number of aliphatic carboxylic acids is 2. The van der Waals surface area contributed by atoms with Gasteiger partial charge in [0.25, 0.3) is 0 Å². The molecule has 1 aromatic carbocycles. The van der Waals surface area contributed by atoms with Crippen molar-refractivity contribution in [1.29, 1.82) is 0 Å². The summed E-state index contributed by atoms with van der Waals surface area (Å²) in [6.45, 7) is 7.52. The zero-order valence-corrected chi connectivity index (χ0v) is 52.5. The number of amides is 11. The minimum atomic E-state index is -1.74. The van der Waals surface area contributed by atoms with E-state index in [1.54, 1.807) is 20.1 Å². The van der Waals surface area contributed by atoms with Gasteiger partial charge in [0, 0.05) is 32.5 Å². The molecule has 11 atom stereocenters. The number of carbonyl (C=O) groups excluding carboxylic acids is 11. The summed E-state index contributed by atoms with van der Waals surface area (Å²) < 4.78 is 0. The highest BCUT2D eigenvalue weighted by Gasteiger charge is 2.42. The number of phenols is 1. The molecule has 2 heterocycles. The summed E-state index contributed by atoms with van der Waals surface area (Å²) in [6.07, 6.45) is 0.721. The molecule has 33 heteroatoms. The molecule has 0 aromatic heterocycles. The van der Waals surface area contributed by atoms with Crippen molar-refractivity contribution >= 4 is 94.6 Å². The van der Waals surface area contributed by atoms with Crippen LogP contribution in [0.15, 0.2) is 29.3 Å². The molecule has 0 saturated carbocycles. The van der Waals surface area contributed by atoms with Crippen LogP contribution in [0.4, 0.5) is 0 Å². The Hall–Kier alpha value is -8.33. The lowest BCUT2D eigenvalue weighted by Gasteiger charge is -2.31. The number of nitrogens with one attached hydrogen (secondary N) is 8. The lowest BCUT2D eigenvalue weighted by molar-refractivity contribution is -0.144. The van der Waals surface area contributed by atoms with Gasteiger partial charge in [-0.15, -0.1) is 0 Å². The van der Waals surface area contributed by atoms with Crippen molar-refractivity contribution in [2.24, 2.45) is 39.8 Å². The van der Waals surface area contributed by atoms with Gasteiger partial charge >= 0.3 is 11.9 Å². The topological polar surface area (TPSA) is 522 Å². The van der Waals surface area contributed by atoms with Gasteiger partial charge in [0.1, 0.15) is 66.2 Å². The van der Waals surface area contributed by atoms with E-state index in [9.17, 15) is 82.8 Å². The number of likely N-dealkylation sites (tertiary alicyclic amines) is 2. The Labute approximate surface area is 526 Å². The molecule has 1 aromatic rings. The van der Waals surface area contributed by atoms with E-state index in [2.05, 4.69) is 47.5 Å². The van der Waals surface area contributed by atoms with Crippen LogP contribution in [0.3, 0.4) is 0 Å². The van der Waals surface area contributed by atoms with Crippen LogP contribution in [0, 0.1) is 11.8 Å². The van der Waals surface area contributed by atoms with E-state index in [0.29, 0.717) is 17.7 Å². The number of benzene rings is 1. The van der Waals surface area contributed by atoms with Gasteiger partial charge in [-0.1, -0.05) is 39.8 Å². The van der Waals surface area contributed by atoms with Crippen molar-refractivity contribution in [2.45, 2.75) is 185 Å². The van der Waals surface area contributed by atoms with E-state index in [0.717, 1.165) is 4.90 Å². The quantitative estimate of drug-likeness (QED) is 0.0170. The van der Waals surface area contributed by atoms with Crippen molar-refractivity contribution in [3.63, 3.8) is 0 Å². The van der Waals surface area contributed by atoms with E-state index in [1.807, 2.05) is 13.8 Å². The lowest BCUT2D eigenvalue weighted by Crippen LogP contribution is -2.60. The number of carbonyl (C=O) groups is 13. The number of aliphatic imine (C=N–C) groups is 1. The average Bonchev–Trinajstić information content (AvgIpc) is 1.75. The van der Waals surface area contributed by atoms with Gasteiger partial charge in [-0.05, 0) is 113 Å². The number of carboxylic acids is 2. The van der Waals surface area contributed by atoms with Crippen LogP contribution in [0.2, 0.25) is 0 Å². The Bertz CT molecular complexity index is 2720. The van der Waals surface area contributed by atoms with Crippen LogP contribution in [-0.2, 0) is 68.7 Å². The summed E-state index contributed by atoms with van der Waals surface area (Å²) in [7, 11) is 0. The zero-order chi connectivity index (χ0) is 67.5. The first kappa shape index (κ1) is 75.9. The van der Waals surface area contributed by atoms with Crippen LogP contribution >= 0.6 is 11.8 Å². The zero-order valence-electron chi connectivity index (χ0n) is 51.7. The Kier molecular flexibility index (Phi) is 31.7. The fraction of sp³-hybridized carbons (Fsp3) is 0.649. The fourth-order valence-corrected chi connectivity index (χ4v) is 10.6. The van der Waals surface area contributed by atoms with Crippen LogP contribution in [0.5, 0.6) is 5.75 Å². The molecule has 20 N–H and O–H groups in total. The molecule has 11 amide bonds. The molecular formula is C57H91N15O17S. The maximum absolute atomic E-state index is 14.4. The largest absolute Gasteiger partial charge is 0.508 e. The molecule has 2 aliphatic heterocycles. The standard InChI is InChI=1S/C57H91N15O17S/c1-29(2)24-34(58)47(79)67-38(26-32-13-15-33(74)16-14-32)50(82)64-35(10-7-20-62-57(60)61)48(80)70-41(28-73)55(87)72-22-8-11-42(72)52(84)63-31(5)46(78)66-37(19-23-90-6)54(86)71-21-9-12-43(71)53(85)65-36(17-18-45(76)77)49(81)68-39(27-44(59)75)51(83)69-40(56(88)89)25-30(3)4/h13-16,29-31,34-43,73-74H,7-12,17-28,58H2,1-6H3,(H2,59,75)(H,63,84)(H,64,82)(H,65,85)(H,66,78)(H,67,79)(H,68,81)(H,69,83)(H,70,80)(H,76,77)(H,88,89)(H4,60,61,62)/t31-,34-,35-,36-,37-,38-,39-,40-,41-,42-,43-/m0/s1. The van der Waals surface area contributed by atoms with E-state index in [4.69, 9.17) is 22.9 Å². The highest BCUT2D eigenvalue weighted by Crippen LogP contribution is 2.23. The minimum absolute atomic E-state index is 0.00875. The number of hydrogen-bond donors (Lipinski definition) is 16. The average molecular weight is 1290 g/mol. The fourth-order valence-electron chi connectivity index (χ4n) is 10.1. The molecule has 90 heavy (non-hydrogen) atoms. The van der Waals surface area contributed by atoms with Crippen LogP contribution in [0.1, 0.15) is 117 Å². The molecule has 0 bridgehead atoms. The lowest BCUT2D eigenvalue weighted by atomic mass is 10.0. The van der Waals surface area contributed by atoms with E-state index in [-0.39, 0.29) is 101 Å². The normalized spacial score (nSPS) is 17.6. The van der Waals surface area contributed by atoms with E-state index >= 15 is 0 Å². The maximum atomic E-state index is 14.4. The number of rotatable bonds is 38. The molecule has 2 fully saturated rings. The first-order valence-corrected chi connectivity index (χ1v) is 31.2. The third-order valence-electron chi connectivity index (χ3n) is 14.7. The number of guanidine groups is 1. The Morgan fingerprint density at radius 2 is 1.09 bits per heavy atom. The minimum Gasteiger partial charge on any atom is -0.508 e. The van der Waals surface area contributed by atoms with Crippen LogP contribution in [-0.4, -0.2) is 218 Å². The van der Waals surface area contributed by atoms with Crippen LogP contribution in [0.25, 0.3) is 0 Å². The number of thioether (sulfide) groups is 1. The van der Waals surface area contributed by atoms with Gasteiger partial charge in [-0.25, -0.2) is 4.79 Å². The summed E-state index contributed by atoms with van der Waals surface area (Å²) in [4.78, 5) is 181. The van der Waals surface area contributed by atoms with Crippen LogP contribution < -0.4 is 65.5 Å². The number of phenolic OH excluding ortho intramolecular Hbond substituents is 1. The summed E-state index contributed by atoms with van der Waals surface area (Å²) in [5.41, 5.74) is 23.0. The summed E-state index contributed by atoms with van der Waals surface area (Å²) >= 11 is 1.33. The summed E-state index contributed by atoms with van der Waals surface area (Å²) in [5, 5.41) is 59.6. The Morgan fingerprint density at radius 1 is 0.600 bits per heavy atom. The molecular weight excluding hydrogens is 1200 g/mol. The van der Waals surface area contributed by atoms with Gasteiger partial charge in [-0.2, -0.15) is 11.8 Å². The Morgan fingerprint density at radius 3 is 1.61 bits per heavy atom. The molecule has 0 unspecified atom stereocenters. The second-order valence-electron chi connectivity index (χ2n) is 23.1. The molecule has 2 saturated heterocycles. The van der Waals surface area contributed by atoms with Crippen molar-refractivity contribution in [2.75, 3.05) is 38.2 Å². The molecule has 32 nitrogen and oxygen atoms in total. The van der Waals surface area contributed by atoms with Crippen molar-refractivity contribution in [3.05, 3.63) is 29.8 Å². The first-order chi connectivity index (χ1) is 42.4. The molecule has 3 rings (SSSR count). The summed E-state index contributed by atoms with van der Waals surface area (Å²) in [6, 6.07) is -9.40. The van der Waals surface area contributed by atoms with E-state index in [1.165, 1.54) is 47.9 Å². The Balaban J connectivity index is 1.78. The van der Waals surface area contributed by atoms with Gasteiger partial charge in [0.2, 0.25) is 65.0 Å². The second-order valence-corrected chi connectivity index (χ2v) is 24.1. The van der Waals surface area contributed by atoms with Gasteiger partial charge < -0.3 is 95.7 Å². The van der Waals surface area contributed by atoms with Gasteiger partial charge in [-0.3, -0.25) is 62.5 Å². The van der Waals surface area contributed by atoms with Crippen molar-refractivity contribution < 1.29 is 82.8 Å². The number of primary amides is 1. The number of carboxylic acid groups (broad SMARTS) is 2. The maximum Gasteiger partial charge on any atom is 0.326 e. The molecule has 0 radical (unpaired) electrons. The third-order valence-corrected chi connectivity index (χ3v) is 15.4. The third kappa shape index (κ3) is 25.3. The highest BCUT2D eigenvalue weighted by atomic mass is 32.2. The number of nitrogens with zero attached hydrogens (tertiary/aromatic N) is 3. The van der Waals surface area contributed by atoms with Gasteiger partial charge in [0.15, 0.2) is 5.96 Å². The number of aromatic hydroxyl groups is 1. The predicted molar refractivity (Wildman–Crippen MR) is 328 cm³/mol. The highest BCUT2D eigenvalue weighted by molar-refractivity contribution is 7.98. The van der Waals surface area contributed by atoms with Crippen molar-refractivity contribution in [3.8, 4) is 5.75 Å². The second kappa shape index (κ2) is 37.6. The summed E-state index contributed by atoms with van der Waals surface area (Å²) in [5.74, 6) is -12.7. The molecule has 2 aliphatic rings. The predicted octanol–water partition coefficient (Wildman–Crippen LogP) is -4.14. The molecule has 502 valence electrons. The number of aliphatic hydroxyl groups excluding tert-OH is 1. The number of aliphatic hydroxyl groups is 1. The monoisotopic (exact) mass is 1290 g/mol. The number of nitrogens with two attached hydrogens (primary N) is 4. The molecule has 0 aliphatic carbocycles. The molecule has 0 spiro atoms. The first-order valence-electron chi connectivity index (χ1n) is 29.8.